The second-order valence-corrected chi connectivity index (χ2v) is 5.95. The second-order valence-electron chi connectivity index (χ2n) is 5.95. The van der Waals surface area contributed by atoms with Crippen molar-refractivity contribution in [3.05, 3.63) is 35.4 Å². The monoisotopic (exact) mass is 350 g/mol. The molecule has 0 radical (unpaired) electrons. The first-order valence-electron chi connectivity index (χ1n) is 7.50. The molecule has 1 aromatic rings. The molecule has 1 rings (SSSR count). The second kappa shape index (κ2) is 8.86. The molecule has 0 aromatic heterocycles. The average Bonchev–Trinajstić information content (AvgIpc) is 2.55. The van der Waals surface area contributed by atoms with Crippen molar-refractivity contribution in [3.63, 3.8) is 0 Å². The first-order valence-corrected chi connectivity index (χ1v) is 7.50. The van der Waals surface area contributed by atoms with Crippen molar-refractivity contribution in [2.24, 2.45) is 0 Å². The minimum absolute atomic E-state index is 0.286. The predicted molar refractivity (Wildman–Crippen MR) is 89.8 cm³/mol. The highest BCUT2D eigenvalue weighted by Gasteiger charge is 2.26. The van der Waals surface area contributed by atoms with Gasteiger partial charge >= 0.3 is 17.9 Å². The van der Waals surface area contributed by atoms with Gasteiger partial charge in [-0.05, 0) is 32.9 Å². The Balaban J connectivity index is 3.18. The molecule has 0 aliphatic heterocycles. The number of esters is 3. The predicted octanol–water partition coefficient (Wildman–Crippen LogP) is 2.14. The first kappa shape index (κ1) is 20.2. The number of carbonyl (C=O) groups is 3. The van der Waals surface area contributed by atoms with Gasteiger partial charge in [-0.3, -0.25) is 0 Å². The van der Waals surface area contributed by atoms with E-state index in [-0.39, 0.29) is 12.2 Å². The number of ether oxygens (including phenoxy) is 4. The Kier molecular flexibility index (Phi) is 7.17. The maximum absolute atomic E-state index is 12.3. The fourth-order valence-electron chi connectivity index (χ4n) is 1.73. The maximum atomic E-state index is 12.3. The number of methoxy groups -OCH3 is 2. The highest BCUT2D eigenvalue weighted by atomic mass is 16.6. The third kappa shape index (κ3) is 6.66. The van der Waals surface area contributed by atoms with Crippen LogP contribution in [0.4, 0.5) is 0 Å². The smallest absolute Gasteiger partial charge is 0.346 e. The largest absolute Gasteiger partial charge is 0.481 e. The Morgan fingerprint density at radius 1 is 1.00 bits per heavy atom. The van der Waals surface area contributed by atoms with E-state index in [0.717, 1.165) is 0 Å². The summed E-state index contributed by atoms with van der Waals surface area (Å²) >= 11 is 0. The van der Waals surface area contributed by atoms with Crippen LogP contribution in [-0.4, -0.2) is 44.3 Å². The Morgan fingerprint density at radius 3 is 2.20 bits per heavy atom. The molecule has 0 atom stereocenters. The SMILES string of the molecule is COC(=O)COc1ccccc1C=C(C(=O)OC)C(=O)OC(C)(C)C. The number of benzene rings is 1. The molecular weight excluding hydrogens is 328 g/mol. The average molecular weight is 350 g/mol. The molecule has 1 aromatic carbocycles. The molecule has 0 heterocycles. The summed E-state index contributed by atoms with van der Waals surface area (Å²) in [5, 5.41) is 0. The van der Waals surface area contributed by atoms with Crippen molar-refractivity contribution in [1.82, 2.24) is 0 Å². The van der Waals surface area contributed by atoms with Crippen molar-refractivity contribution >= 4 is 24.0 Å². The highest BCUT2D eigenvalue weighted by molar-refractivity contribution is 6.17. The minimum Gasteiger partial charge on any atom is -0.481 e. The van der Waals surface area contributed by atoms with Gasteiger partial charge in [0.1, 0.15) is 16.9 Å². The number of hydrogen-bond donors (Lipinski definition) is 0. The summed E-state index contributed by atoms with van der Waals surface area (Å²) in [4.78, 5) is 35.5. The molecule has 0 saturated carbocycles. The Hall–Kier alpha value is -2.83. The lowest BCUT2D eigenvalue weighted by Crippen LogP contribution is -2.27. The fourth-order valence-corrected chi connectivity index (χ4v) is 1.73. The topological polar surface area (TPSA) is 88.1 Å². The van der Waals surface area contributed by atoms with Crippen LogP contribution in [0.3, 0.4) is 0 Å². The van der Waals surface area contributed by atoms with Crippen molar-refractivity contribution < 1.29 is 33.3 Å². The molecule has 0 fully saturated rings. The van der Waals surface area contributed by atoms with Crippen LogP contribution in [0.2, 0.25) is 0 Å². The van der Waals surface area contributed by atoms with E-state index in [1.54, 1.807) is 45.0 Å². The molecule has 0 spiro atoms. The van der Waals surface area contributed by atoms with Gasteiger partial charge in [-0.1, -0.05) is 18.2 Å². The van der Waals surface area contributed by atoms with Crippen LogP contribution in [0.5, 0.6) is 5.75 Å². The third-order valence-corrected chi connectivity index (χ3v) is 2.82. The molecule has 7 heteroatoms. The van der Waals surface area contributed by atoms with E-state index in [1.807, 2.05) is 0 Å². The molecule has 25 heavy (non-hydrogen) atoms. The van der Waals surface area contributed by atoms with E-state index in [0.29, 0.717) is 11.3 Å². The number of hydrogen-bond acceptors (Lipinski definition) is 7. The molecule has 0 amide bonds. The summed E-state index contributed by atoms with van der Waals surface area (Å²) in [6.45, 7) is 4.76. The molecule has 7 nitrogen and oxygen atoms in total. The zero-order valence-corrected chi connectivity index (χ0v) is 15.0. The van der Waals surface area contributed by atoms with Crippen LogP contribution in [0.25, 0.3) is 6.08 Å². The van der Waals surface area contributed by atoms with E-state index >= 15 is 0 Å². The van der Waals surface area contributed by atoms with Gasteiger partial charge in [0.15, 0.2) is 6.61 Å². The number of carbonyl (C=O) groups excluding carboxylic acids is 3. The van der Waals surface area contributed by atoms with Crippen LogP contribution in [0.15, 0.2) is 29.8 Å². The molecule has 0 bridgehead atoms. The normalized spacial score (nSPS) is 11.5. The van der Waals surface area contributed by atoms with Gasteiger partial charge in [0, 0.05) is 5.56 Å². The quantitative estimate of drug-likeness (QED) is 0.255. The summed E-state index contributed by atoms with van der Waals surface area (Å²) in [5.41, 5.74) is -0.644. The third-order valence-electron chi connectivity index (χ3n) is 2.82. The fraction of sp³-hybridized carbons (Fsp3) is 0.389. The molecule has 0 aliphatic carbocycles. The van der Waals surface area contributed by atoms with Gasteiger partial charge < -0.3 is 18.9 Å². The van der Waals surface area contributed by atoms with Crippen LogP contribution >= 0.6 is 0 Å². The minimum atomic E-state index is -0.836. The van der Waals surface area contributed by atoms with Crippen LogP contribution in [0.1, 0.15) is 26.3 Å². The van der Waals surface area contributed by atoms with Crippen LogP contribution < -0.4 is 4.74 Å². The van der Waals surface area contributed by atoms with E-state index in [9.17, 15) is 14.4 Å². The van der Waals surface area contributed by atoms with E-state index < -0.39 is 23.5 Å². The van der Waals surface area contributed by atoms with Crippen molar-refractivity contribution in [1.29, 1.82) is 0 Å². The van der Waals surface area contributed by atoms with E-state index in [2.05, 4.69) is 9.47 Å². The summed E-state index contributed by atoms with van der Waals surface area (Å²) in [5.74, 6) is -1.91. The maximum Gasteiger partial charge on any atom is 0.346 e. The molecule has 0 aliphatic rings. The highest BCUT2D eigenvalue weighted by Crippen LogP contribution is 2.23. The lowest BCUT2D eigenvalue weighted by Gasteiger charge is -2.20. The van der Waals surface area contributed by atoms with Crippen LogP contribution in [0, 0.1) is 0 Å². The van der Waals surface area contributed by atoms with Gasteiger partial charge in [0.05, 0.1) is 14.2 Å². The first-order chi connectivity index (χ1) is 11.7. The Morgan fingerprint density at radius 2 is 1.64 bits per heavy atom. The Bertz CT molecular complexity index is 668. The number of para-hydroxylation sites is 1. The Labute approximate surface area is 146 Å². The lowest BCUT2D eigenvalue weighted by molar-refractivity contribution is -0.153. The van der Waals surface area contributed by atoms with Crippen molar-refractivity contribution in [2.45, 2.75) is 26.4 Å². The lowest BCUT2D eigenvalue weighted by atomic mass is 10.1. The zero-order chi connectivity index (χ0) is 19.0. The van der Waals surface area contributed by atoms with Gasteiger partial charge in [-0.15, -0.1) is 0 Å². The molecule has 0 saturated heterocycles. The zero-order valence-electron chi connectivity index (χ0n) is 15.0. The van der Waals surface area contributed by atoms with Gasteiger partial charge in [-0.2, -0.15) is 0 Å². The van der Waals surface area contributed by atoms with E-state index in [4.69, 9.17) is 9.47 Å². The summed E-state index contributed by atoms with van der Waals surface area (Å²) in [6.07, 6.45) is 1.30. The molecular formula is C18H22O7. The van der Waals surface area contributed by atoms with Crippen molar-refractivity contribution in [2.75, 3.05) is 20.8 Å². The van der Waals surface area contributed by atoms with E-state index in [1.165, 1.54) is 20.3 Å². The molecule has 0 unspecified atom stereocenters. The molecule has 0 N–H and O–H groups in total. The van der Waals surface area contributed by atoms with Crippen LogP contribution in [-0.2, 0) is 28.6 Å². The standard InChI is InChI=1S/C18H22O7/c1-18(2,3)25-17(21)13(16(20)23-5)10-12-8-6-7-9-14(12)24-11-15(19)22-4/h6-10H,11H2,1-5H3. The van der Waals surface area contributed by atoms with Gasteiger partial charge in [0.25, 0.3) is 0 Å². The number of rotatable bonds is 6. The summed E-state index contributed by atoms with van der Waals surface area (Å²) in [7, 11) is 2.41. The van der Waals surface area contributed by atoms with Crippen molar-refractivity contribution in [3.8, 4) is 5.75 Å². The van der Waals surface area contributed by atoms with Gasteiger partial charge in [-0.25, -0.2) is 14.4 Å². The molecule has 136 valence electrons. The summed E-state index contributed by atoms with van der Waals surface area (Å²) < 4.78 is 19.8. The summed E-state index contributed by atoms with van der Waals surface area (Å²) in [6, 6.07) is 6.61. The van der Waals surface area contributed by atoms with Gasteiger partial charge in [0.2, 0.25) is 0 Å².